The van der Waals surface area contributed by atoms with E-state index in [4.69, 9.17) is 5.11 Å². The van der Waals surface area contributed by atoms with E-state index in [0.29, 0.717) is 13.0 Å². The van der Waals surface area contributed by atoms with Crippen molar-refractivity contribution in [1.29, 1.82) is 0 Å². The number of likely N-dealkylation sites (N-methyl/N-ethyl adjacent to an activating group) is 1. The SMILES string of the molecule is CC/C=C\C/C=C\C/C=C\CCCCCCCC(=O)C(NCC)C(=O)O. The summed E-state index contributed by atoms with van der Waals surface area (Å²) in [6, 6.07) is -1.04. The zero-order chi connectivity index (χ0) is 19.5. The van der Waals surface area contributed by atoms with Gasteiger partial charge in [-0.1, -0.05) is 69.6 Å². The van der Waals surface area contributed by atoms with Gasteiger partial charge in [-0.25, -0.2) is 0 Å². The minimum Gasteiger partial charge on any atom is -0.480 e. The van der Waals surface area contributed by atoms with E-state index in [2.05, 4.69) is 48.7 Å². The van der Waals surface area contributed by atoms with Crippen molar-refractivity contribution >= 4 is 11.8 Å². The number of hydrogen-bond donors (Lipinski definition) is 2. The third kappa shape index (κ3) is 14.6. The largest absolute Gasteiger partial charge is 0.480 e. The van der Waals surface area contributed by atoms with Crippen LogP contribution in [0.2, 0.25) is 0 Å². The maximum Gasteiger partial charge on any atom is 0.328 e. The van der Waals surface area contributed by atoms with E-state index in [1.165, 1.54) is 6.42 Å². The predicted octanol–water partition coefficient (Wildman–Crippen LogP) is 5.21. The van der Waals surface area contributed by atoms with Crippen LogP contribution >= 0.6 is 0 Å². The summed E-state index contributed by atoms with van der Waals surface area (Å²) in [4.78, 5) is 22.8. The number of carboxylic acid groups (broad SMARTS) is 1. The summed E-state index contributed by atoms with van der Waals surface area (Å²) in [5.74, 6) is -1.28. The molecule has 0 rings (SSSR count). The van der Waals surface area contributed by atoms with Crippen molar-refractivity contribution < 1.29 is 14.7 Å². The molecular formula is C22H37NO3. The molecule has 0 aliphatic carbocycles. The van der Waals surface area contributed by atoms with E-state index in [0.717, 1.165) is 51.4 Å². The van der Waals surface area contributed by atoms with Gasteiger partial charge in [0, 0.05) is 6.42 Å². The minimum absolute atomic E-state index is 0.208. The van der Waals surface area contributed by atoms with Gasteiger partial charge in [-0.2, -0.15) is 0 Å². The maximum atomic E-state index is 11.8. The first-order valence-corrected chi connectivity index (χ1v) is 10.1. The first kappa shape index (κ1) is 24.3. The van der Waals surface area contributed by atoms with Gasteiger partial charge in [0.05, 0.1) is 0 Å². The van der Waals surface area contributed by atoms with Crippen LogP contribution in [0.25, 0.3) is 0 Å². The number of hydrogen-bond acceptors (Lipinski definition) is 3. The second-order valence-corrected chi connectivity index (χ2v) is 6.40. The molecule has 0 aliphatic rings. The molecule has 0 bridgehead atoms. The smallest absolute Gasteiger partial charge is 0.328 e. The Kier molecular flexibility index (Phi) is 17.0. The van der Waals surface area contributed by atoms with Gasteiger partial charge in [0.15, 0.2) is 11.8 Å². The molecule has 4 heteroatoms. The van der Waals surface area contributed by atoms with E-state index >= 15 is 0 Å². The van der Waals surface area contributed by atoms with Gasteiger partial charge in [0.2, 0.25) is 0 Å². The molecule has 0 saturated heterocycles. The van der Waals surface area contributed by atoms with Crippen LogP contribution in [0.5, 0.6) is 0 Å². The Balaban J connectivity index is 3.55. The Morgan fingerprint density at radius 3 is 2.04 bits per heavy atom. The van der Waals surface area contributed by atoms with E-state index < -0.39 is 12.0 Å². The van der Waals surface area contributed by atoms with Crippen LogP contribution in [0.1, 0.15) is 78.1 Å². The van der Waals surface area contributed by atoms with Gasteiger partial charge < -0.3 is 5.11 Å². The Morgan fingerprint density at radius 1 is 0.846 bits per heavy atom. The third-order valence-corrected chi connectivity index (χ3v) is 4.05. The number of Topliss-reactive ketones (excluding diaryl/α,β-unsaturated/α-hetero) is 1. The highest BCUT2D eigenvalue weighted by molar-refractivity contribution is 6.02. The number of carbonyl (C=O) groups is 2. The van der Waals surface area contributed by atoms with Crippen LogP contribution in [0, 0.1) is 0 Å². The van der Waals surface area contributed by atoms with Crippen LogP contribution in [0.4, 0.5) is 0 Å². The van der Waals surface area contributed by atoms with Crippen molar-refractivity contribution in [2.24, 2.45) is 0 Å². The van der Waals surface area contributed by atoms with Crippen molar-refractivity contribution in [2.75, 3.05) is 6.54 Å². The van der Waals surface area contributed by atoms with Crippen molar-refractivity contribution in [3.05, 3.63) is 36.5 Å². The van der Waals surface area contributed by atoms with E-state index in [-0.39, 0.29) is 5.78 Å². The lowest BCUT2D eigenvalue weighted by Crippen LogP contribution is -2.43. The molecule has 0 fully saturated rings. The molecule has 0 amide bonds. The molecule has 0 aliphatic heterocycles. The van der Waals surface area contributed by atoms with Crippen molar-refractivity contribution in [1.82, 2.24) is 5.32 Å². The molecule has 148 valence electrons. The van der Waals surface area contributed by atoms with Crippen LogP contribution in [0.3, 0.4) is 0 Å². The summed E-state index contributed by atoms with van der Waals surface area (Å²) in [7, 11) is 0. The molecule has 0 heterocycles. The first-order valence-electron chi connectivity index (χ1n) is 10.1. The molecule has 0 aromatic heterocycles. The van der Waals surface area contributed by atoms with Gasteiger partial charge >= 0.3 is 5.97 Å². The van der Waals surface area contributed by atoms with Gasteiger partial charge in [-0.3, -0.25) is 14.9 Å². The fourth-order valence-electron chi connectivity index (χ4n) is 2.61. The van der Waals surface area contributed by atoms with Gasteiger partial charge in [0.25, 0.3) is 0 Å². The molecule has 0 saturated carbocycles. The van der Waals surface area contributed by atoms with Crippen molar-refractivity contribution in [3.63, 3.8) is 0 Å². The average Bonchev–Trinajstić information content (AvgIpc) is 2.62. The molecule has 2 N–H and O–H groups in total. The lowest BCUT2D eigenvalue weighted by molar-refractivity contribution is -0.143. The molecular weight excluding hydrogens is 326 g/mol. The van der Waals surface area contributed by atoms with E-state index in [1.54, 1.807) is 6.92 Å². The zero-order valence-corrected chi connectivity index (χ0v) is 16.6. The Labute approximate surface area is 159 Å². The molecule has 0 spiro atoms. The molecule has 0 aromatic carbocycles. The van der Waals surface area contributed by atoms with Crippen LogP contribution in [0.15, 0.2) is 36.5 Å². The maximum absolute atomic E-state index is 11.8. The summed E-state index contributed by atoms with van der Waals surface area (Å²) < 4.78 is 0. The average molecular weight is 364 g/mol. The summed E-state index contributed by atoms with van der Waals surface area (Å²) in [5.41, 5.74) is 0. The topological polar surface area (TPSA) is 66.4 Å². The summed E-state index contributed by atoms with van der Waals surface area (Å²) in [6.07, 6.45) is 23.0. The molecule has 4 nitrogen and oxygen atoms in total. The number of allylic oxidation sites excluding steroid dienone is 6. The zero-order valence-electron chi connectivity index (χ0n) is 16.6. The summed E-state index contributed by atoms with van der Waals surface area (Å²) in [6.45, 7) is 4.43. The van der Waals surface area contributed by atoms with Gasteiger partial charge in [-0.05, 0) is 45.1 Å². The highest BCUT2D eigenvalue weighted by atomic mass is 16.4. The normalized spacial score (nSPS) is 13.2. The number of carbonyl (C=O) groups excluding carboxylic acids is 1. The van der Waals surface area contributed by atoms with Gasteiger partial charge in [0.1, 0.15) is 0 Å². The molecule has 1 atom stereocenters. The van der Waals surface area contributed by atoms with Gasteiger partial charge in [-0.15, -0.1) is 0 Å². The molecule has 26 heavy (non-hydrogen) atoms. The second kappa shape index (κ2) is 18.1. The number of aliphatic carboxylic acids is 1. The second-order valence-electron chi connectivity index (χ2n) is 6.40. The lowest BCUT2D eigenvalue weighted by atomic mass is 10.0. The number of ketones is 1. The van der Waals surface area contributed by atoms with Crippen molar-refractivity contribution in [2.45, 2.75) is 84.1 Å². The fraction of sp³-hybridized carbons (Fsp3) is 0.636. The monoisotopic (exact) mass is 363 g/mol. The Morgan fingerprint density at radius 2 is 1.42 bits per heavy atom. The number of rotatable bonds is 17. The van der Waals surface area contributed by atoms with E-state index in [1.807, 2.05) is 0 Å². The number of nitrogens with one attached hydrogen (secondary N) is 1. The highest BCUT2D eigenvalue weighted by Crippen LogP contribution is 2.09. The molecule has 1 unspecified atom stereocenters. The third-order valence-electron chi connectivity index (χ3n) is 4.05. The lowest BCUT2D eigenvalue weighted by Gasteiger charge is -2.11. The van der Waals surface area contributed by atoms with Crippen LogP contribution < -0.4 is 5.32 Å². The van der Waals surface area contributed by atoms with E-state index in [9.17, 15) is 9.59 Å². The summed E-state index contributed by atoms with van der Waals surface area (Å²) >= 11 is 0. The predicted molar refractivity (Wildman–Crippen MR) is 109 cm³/mol. The van der Waals surface area contributed by atoms with Crippen LogP contribution in [-0.2, 0) is 9.59 Å². The molecule has 0 aromatic rings. The fourth-order valence-corrected chi connectivity index (χ4v) is 2.61. The summed E-state index contributed by atoms with van der Waals surface area (Å²) in [5, 5.41) is 11.7. The van der Waals surface area contributed by atoms with Crippen LogP contribution in [-0.4, -0.2) is 29.4 Å². The Bertz CT molecular complexity index is 452. The standard InChI is InChI=1S/C22H37NO3/c1-3-5-6-7-8-9-10-11-12-13-14-15-16-17-18-19-20(24)21(22(25)26)23-4-2/h5-6,8-9,11-12,21,23H,3-4,7,10,13-19H2,1-2H3,(H,25,26)/b6-5-,9-8-,12-11-. The molecule has 0 radical (unpaired) electrons. The number of unbranched alkanes of at least 4 members (excludes halogenated alkanes) is 5. The first-order chi connectivity index (χ1) is 12.6. The Hall–Kier alpha value is -1.68. The highest BCUT2D eigenvalue weighted by Gasteiger charge is 2.23. The minimum atomic E-state index is -1.07. The number of carboxylic acids is 1. The quantitative estimate of drug-likeness (QED) is 0.211. The van der Waals surface area contributed by atoms with Crippen molar-refractivity contribution in [3.8, 4) is 0 Å².